The predicted molar refractivity (Wildman–Crippen MR) is 136 cm³/mol. The summed E-state index contributed by atoms with van der Waals surface area (Å²) >= 11 is 5.93. The van der Waals surface area contributed by atoms with Crippen molar-refractivity contribution in [2.45, 2.75) is 19.6 Å². The lowest BCUT2D eigenvalue weighted by molar-refractivity contribution is 0.208. The molecule has 0 fully saturated rings. The number of halogens is 2. The van der Waals surface area contributed by atoms with Crippen molar-refractivity contribution in [1.82, 2.24) is 4.90 Å². The monoisotopic (exact) mass is 489 g/mol. The van der Waals surface area contributed by atoms with E-state index in [2.05, 4.69) is 5.32 Å². The van der Waals surface area contributed by atoms with Crippen molar-refractivity contribution in [3.63, 3.8) is 0 Å². The molecule has 176 valence electrons. The Morgan fingerprint density at radius 3 is 2.39 bits per heavy atom. The highest BCUT2D eigenvalue weighted by Crippen LogP contribution is 2.29. The topological polar surface area (TPSA) is 76.8 Å². The van der Waals surface area contributed by atoms with Crippen LogP contribution in [0.4, 0.5) is 10.5 Å². The third-order valence-corrected chi connectivity index (χ3v) is 5.11. The van der Waals surface area contributed by atoms with Crippen LogP contribution in [0.25, 0.3) is 0 Å². The van der Waals surface area contributed by atoms with Crippen LogP contribution in [-0.4, -0.2) is 31.1 Å². The van der Waals surface area contributed by atoms with Gasteiger partial charge in [0.15, 0.2) is 11.5 Å². The molecule has 3 N–H and O–H groups in total. The summed E-state index contributed by atoms with van der Waals surface area (Å²) in [6, 6.07) is 22.4. The molecule has 0 aliphatic rings. The normalized spacial score (nSPS) is 10.2. The van der Waals surface area contributed by atoms with Crippen molar-refractivity contribution in [3.05, 3.63) is 88.9 Å². The maximum absolute atomic E-state index is 12.9. The van der Waals surface area contributed by atoms with Gasteiger partial charge in [-0.2, -0.15) is 0 Å². The number of methoxy groups -OCH3 is 1. The molecule has 0 bridgehead atoms. The number of amides is 2. The molecule has 6 nitrogen and oxygen atoms in total. The Hall–Kier alpha value is -2.93. The van der Waals surface area contributed by atoms with Crippen LogP contribution in [0, 0.1) is 0 Å². The maximum Gasteiger partial charge on any atom is 0.322 e. The fraction of sp³-hybridized carbons (Fsp3) is 0.240. The van der Waals surface area contributed by atoms with Crippen molar-refractivity contribution in [1.29, 1.82) is 0 Å². The first-order valence-electron chi connectivity index (χ1n) is 10.4. The molecule has 8 heteroatoms. The highest BCUT2D eigenvalue weighted by Gasteiger charge is 2.15. The predicted octanol–water partition coefficient (Wildman–Crippen LogP) is 5.73. The van der Waals surface area contributed by atoms with E-state index in [9.17, 15) is 4.79 Å². The summed E-state index contributed by atoms with van der Waals surface area (Å²) in [6.45, 7) is 1.89. The second kappa shape index (κ2) is 13.6. The number of benzene rings is 3. The zero-order valence-corrected chi connectivity index (χ0v) is 20.1. The van der Waals surface area contributed by atoms with Crippen molar-refractivity contribution < 1.29 is 14.3 Å². The number of nitrogens with one attached hydrogen (secondary N) is 1. The van der Waals surface area contributed by atoms with E-state index in [4.69, 9.17) is 26.8 Å². The molecule has 0 aromatic heterocycles. The molecule has 0 saturated heterocycles. The smallest absolute Gasteiger partial charge is 0.322 e. The Morgan fingerprint density at radius 1 is 1.00 bits per heavy atom. The second-order valence-electron chi connectivity index (χ2n) is 7.26. The lowest BCUT2D eigenvalue weighted by Crippen LogP contribution is -2.36. The van der Waals surface area contributed by atoms with Crippen LogP contribution in [0.15, 0.2) is 72.8 Å². The molecule has 0 aliphatic heterocycles. The molecule has 0 atom stereocenters. The molecule has 2 amide bonds. The van der Waals surface area contributed by atoms with E-state index < -0.39 is 0 Å². The molecule has 33 heavy (non-hydrogen) atoms. The van der Waals surface area contributed by atoms with Crippen molar-refractivity contribution in [3.8, 4) is 11.5 Å². The zero-order chi connectivity index (χ0) is 22.8. The summed E-state index contributed by atoms with van der Waals surface area (Å²) < 4.78 is 11.5. The van der Waals surface area contributed by atoms with E-state index in [-0.39, 0.29) is 18.4 Å². The van der Waals surface area contributed by atoms with Crippen molar-refractivity contribution >= 4 is 35.7 Å². The Bertz CT molecular complexity index is 1000. The Labute approximate surface area is 206 Å². The lowest BCUT2D eigenvalue weighted by Gasteiger charge is -2.23. The first-order chi connectivity index (χ1) is 15.6. The summed E-state index contributed by atoms with van der Waals surface area (Å²) in [5.74, 6) is 1.27. The number of nitrogens with two attached hydrogens (primary N) is 1. The van der Waals surface area contributed by atoms with Gasteiger partial charge in [-0.3, -0.25) is 0 Å². The first kappa shape index (κ1) is 26.3. The van der Waals surface area contributed by atoms with Crippen LogP contribution in [0.2, 0.25) is 5.02 Å². The SMILES string of the molecule is COc1cc(CN(CCCN)C(=O)Nc2ccc(Cl)cc2)ccc1OCc1ccccc1.Cl. The van der Waals surface area contributed by atoms with Crippen LogP contribution in [-0.2, 0) is 13.2 Å². The molecular weight excluding hydrogens is 461 g/mol. The van der Waals surface area contributed by atoms with Gasteiger partial charge in [-0.25, -0.2) is 4.79 Å². The van der Waals surface area contributed by atoms with Gasteiger partial charge in [0.2, 0.25) is 0 Å². The fourth-order valence-corrected chi connectivity index (χ4v) is 3.28. The minimum atomic E-state index is -0.204. The quantitative estimate of drug-likeness (QED) is 0.381. The number of urea groups is 1. The van der Waals surface area contributed by atoms with Gasteiger partial charge in [0, 0.05) is 23.8 Å². The van der Waals surface area contributed by atoms with Gasteiger partial charge in [-0.1, -0.05) is 48.0 Å². The summed E-state index contributed by atoms with van der Waals surface area (Å²) in [7, 11) is 1.61. The Morgan fingerprint density at radius 2 is 1.73 bits per heavy atom. The van der Waals surface area contributed by atoms with Crippen molar-refractivity contribution in [2.24, 2.45) is 5.73 Å². The second-order valence-corrected chi connectivity index (χ2v) is 7.70. The number of carbonyl (C=O) groups excluding carboxylic acids is 1. The van der Waals surface area contributed by atoms with Gasteiger partial charge in [-0.05, 0) is 60.5 Å². The molecule has 0 radical (unpaired) electrons. The number of hydrogen-bond donors (Lipinski definition) is 2. The van der Waals surface area contributed by atoms with E-state index in [1.807, 2.05) is 48.5 Å². The molecule has 3 rings (SSSR count). The average molecular weight is 490 g/mol. The Kier molecular flexibility index (Phi) is 10.8. The van der Waals surface area contributed by atoms with Crippen molar-refractivity contribution in [2.75, 3.05) is 25.5 Å². The average Bonchev–Trinajstić information content (AvgIpc) is 2.82. The number of nitrogens with zero attached hydrogens (tertiary/aromatic N) is 1. The highest BCUT2D eigenvalue weighted by molar-refractivity contribution is 6.30. The third-order valence-electron chi connectivity index (χ3n) is 4.85. The van der Waals surface area contributed by atoms with Crippen LogP contribution in [0.3, 0.4) is 0 Å². The standard InChI is InChI=1S/C25H28ClN3O3.ClH/c1-31-24-16-20(8-13-23(24)32-18-19-6-3-2-4-7-19)17-29(15-5-14-27)25(30)28-22-11-9-21(26)10-12-22;/h2-4,6-13,16H,5,14-15,17-18,27H2,1H3,(H,28,30);1H. The van der Waals surface area contributed by atoms with E-state index in [1.165, 1.54) is 0 Å². The van der Waals surface area contributed by atoms with E-state index in [0.717, 1.165) is 11.1 Å². The van der Waals surface area contributed by atoms with Crippen LogP contribution >= 0.6 is 24.0 Å². The fourth-order valence-electron chi connectivity index (χ4n) is 3.16. The molecule has 0 saturated carbocycles. The van der Waals surface area contributed by atoms with Gasteiger partial charge in [0.05, 0.1) is 7.11 Å². The lowest BCUT2D eigenvalue weighted by atomic mass is 10.1. The third kappa shape index (κ3) is 8.17. The minimum absolute atomic E-state index is 0. The molecular formula is C25H29Cl2N3O3. The maximum atomic E-state index is 12.9. The highest BCUT2D eigenvalue weighted by atomic mass is 35.5. The molecule has 3 aromatic rings. The van der Waals surface area contributed by atoms with Crippen LogP contribution in [0.5, 0.6) is 11.5 Å². The van der Waals surface area contributed by atoms with Gasteiger partial charge >= 0.3 is 6.03 Å². The molecule has 0 unspecified atom stereocenters. The molecule has 0 heterocycles. The summed E-state index contributed by atoms with van der Waals surface area (Å²) in [5, 5.41) is 3.52. The summed E-state index contributed by atoms with van der Waals surface area (Å²) in [5.41, 5.74) is 8.36. The van der Waals surface area contributed by atoms with E-state index >= 15 is 0 Å². The number of ether oxygens (including phenoxy) is 2. The summed E-state index contributed by atoms with van der Waals surface area (Å²) in [4.78, 5) is 14.6. The van der Waals surface area contributed by atoms with Crippen LogP contribution < -0.4 is 20.5 Å². The number of rotatable bonds is 10. The van der Waals surface area contributed by atoms with E-state index in [0.29, 0.717) is 54.9 Å². The minimum Gasteiger partial charge on any atom is -0.493 e. The number of anilines is 1. The summed E-state index contributed by atoms with van der Waals surface area (Å²) in [6.07, 6.45) is 0.698. The largest absolute Gasteiger partial charge is 0.493 e. The van der Waals surface area contributed by atoms with Gasteiger partial charge in [0.25, 0.3) is 0 Å². The van der Waals surface area contributed by atoms with Crippen LogP contribution in [0.1, 0.15) is 17.5 Å². The zero-order valence-electron chi connectivity index (χ0n) is 18.5. The molecule has 3 aromatic carbocycles. The van der Waals surface area contributed by atoms with Gasteiger partial charge < -0.3 is 25.4 Å². The number of carbonyl (C=O) groups is 1. The Balaban J connectivity index is 0.00000385. The number of hydrogen-bond acceptors (Lipinski definition) is 4. The van der Waals surface area contributed by atoms with E-state index in [1.54, 1.807) is 36.3 Å². The van der Waals surface area contributed by atoms with Gasteiger partial charge in [-0.15, -0.1) is 12.4 Å². The van der Waals surface area contributed by atoms with Gasteiger partial charge in [0.1, 0.15) is 6.61 Å². The molecule has 0 spiro atoms. The molecule has 0 aliphatic carbocycles. The first-order valence-corrected chi connectivity index (χ1v) is 10.8.